The van der Waals surface area contributed by atoms with Crippen LogP contribution in [0.1, 0.15) is 16.1 Å². The quantitative estimate of drug-likeness (QED) is 0.614. The van der Waals surface area contributed by atoms with Crippen LogP contribution in [0.5, 0.6) is 0 Å². The summed E-state index contributed by atoms with van der Waals surface area (Å²) >= 11 is 6.49. The molecular weight excluding hydrogens is 307 g/mol. The first-order valence-electron chi connectivity index (χ1n) is 4.68. The number of carbonyl (C=O) groups is 2. The summed E-state index contributed by atoms with van der Waals surface area (Å²) in [6, 6.07) is 0. The van der Waals surface area contributed by atoms with E-state index in [1.807, 2.05) is 0 Å². The van der Waals surface area contributed by atoms with Crippen molar-refractivity contribution in [1.82, 2.24) is 4.98 Å². The first kappa shape index (κ1) is 13.4. The smallest absolute Gasteiger partial charge is 0.297 e. The summed E-state index contributed by atoms with van der Waals surface area (Å²) in [4.78, 5) is 27.1. The van der Waals surface area contributed by atoms with Crippen molar-refractivity contribution in [2.45, 2.75) is 11.7 Å². The lowest BCUT2D eigenvalue weighted by molar-refractivity contribution is -0.117. The van der Waals surface area contributed by atoms with Gasteiger partial charge < -0.3 is 0 Å². The molecule has 0 saturated carbocycles. The van der Waals surface area contributed by atoms with Crippen molar-refractivity contribution in [1.29, 1.82) is 0 Å². The van der Waals surface area contributed by atoms with E-state index >= 15 is 0 Å². The molecule has 1 aliphatic heterocycles. The largest absolute Gasteiger partial charge is 0.307 e. The molecular formula is C8H6ClFN2O4S2. The lowest BCUT2D eigenvalue weighted by Gasteiger charge is -2.10. The molecule has 1 atom stereocenters. The number of amides is 1. The van der Waals surface area contributed by atoms with Gasteiger partial charge in [-0.05, 0) is 0 Å². The van der Waals surface area contributed by atoms with Gasteiger partial charge in [0.2, 0.25) is 5.91 Å². The molecule has 1 aliphatic rings. The van der Waals surface area contributed by atoms with Crippen LogP contribution in [0.25, 0.3) is 0 Å². The van der Waals surface area contributed by atoms with E-state index in [1.54, 1.807) is 0 Å². The van der Waals surface area contributed by atoms with E-state index in [0.29, 0.717) is 6.29 Å². The van der Waals surface area contributed by atoms with Crippen LogP contribution in [0.15, 0.2) is 0 Å². The second-order valence-corrected chi connectivity index (χ2v) is 6.56. The molecule has 0 N–H and O–H groups in total. The van der Waals surface area contributed by atoms with E-state index < -0.39 is 27.8 Å². The van der Waals surface area contributed by atoms with Gasteiger partial charge in [0.25, 0.3) is 0 Å². The van der Waals surface area contributed by atoms with E-state index in [1.165, 1.54) is 0 Å². The summed E-state index contributed by atoms with van der Waals surface area (Å²) in [5.41, 5.74) is 0. The number of hydrogen-bond acceptors (Lipinski definition) is 6. The van der Waals surface area contributed by atoms with Crippen LogP contribution in [-0.4, -0.2) is 37.4 Å². The van der Waals surface area contributed by atoms with Crippen molar-refractivity contribution < 1.29 is 21.9 Å². The lowest BCUT2D eigenvalue weighted by Crippen LogP contribution is -2.26. The Balaban J connectivity index is 2.29. The normalized spacial score (nSPS) is 20.4. The van der Waals surface area contributed by atoms with Gasteiger partial charge >= 0.3 is 10.2 Å². The zero-order valence-electron chi connectivity index (χ0n) is 8.67. The summed E-state index contributed by atoms with van der Waals surface area (Å²) in [6.07, 6.45) is 0.0416. The number of anilines is 1. The minimum absolute atomic E-state index is 0.0654. The lowest BCUT2D eigenvalue weighted by atomic mass is 10.4. The number of rotatable bonds is 3. The van der Waals surface area contributed by atoms with Gasteiger partial charge in [0, 0.05) is 13.0 Å². The molecule has 0 bridgehead atoms. The van der Waals surface area contributed by atoms with E-state index in [-0.39, 0.29) is 21.7 Å². The molecule has 1 saturated heterocycles. The Morgan fingerprint density at radius 3 is 2.67 bits per heavy atom. The Labute approximate surface area is 111 Å². The van der Waals surface area contributed by atoms with Crippen LogP contribution < -0.4 is 4.90 Å². The van der Waals surface area contributed by atoms with Gasteiger partial charge in [-0.15, -0.1) is 3.89 Å². The monoisotopic (exact) mass is 312 g/mol. The number of nitrogens with zero attached hydrogens (tertiary/aromatic N) is 2. The number of halogens is 2. The van der Waals surface area contributed by atoms with Gasteiger partial charge in [0.15, 0.2) is 16.6 Å². The maximum Gasteiger partial charge on any atom is 0.307 e. The van der Waals surface area contributed by atoms with Crippen molar-refractivity contribution in [2.75, 3.05) is 11.4 Å². The van der Waals surface area contributed by atoms with Crippen molar-refractivity contribution in [3.8, 4) is 0 Å². The molecule has 1 aromatic rings. The molecule has 98 valence electrons. The Bertz CT molecular complexity index is 615. The standard InChI is InChI=1S/C8H6ClFN2O4S2/c9-7-5(3-13)17-8(11-7)12-2-4(1-6(12)14)18(10,15)16/h3-4H,1-2H2. The molecule has 18 heavy (non-hydrogen) atoms. The molecule has 0 aliphatic carbocycles. The highest BCUT2D eigenvalue weighted by Crippen LogP contribution is 2.32. The first-order chi connectivity index (χ1) is 8.32. The molecule has 1 amide bonds. The van der Waals surface area contributed by atoms with Gasteiger partial charge in [0.1, 0.15) is 10.1 Å². The fourth-order valence-corrected chi connectivity index (χ4v) is 3.30. The number of aldehydes is 1. The minimum atomic E-state index is -4.77. The summed E-state index contributed by atoms with van der Waals surface area (Å²) < 4.78 is 34.3. The summed E-state index contributed by atoms with van der Waals surface area (Å²) in [6.45, 7) is -0.320. The predicted octanol–water partition coefficient (Wildman–Crippen LogP) is 1.01. The SMILES string of the molecule is O=Cc1sc(N2CC(S(=O)(=O)F)CC2=O)nc1Cl. The molecule has 0 spiro atoms. The van der Waals surface area contributed by atoms with Crippen LogP contribution in [0.3, 0.4) is 0 Å². The maximum absolute atomic E-state index is 12.8. The molecule has 10 heteroatoms. The van der Waals surface area contributed by atoms with Crippen LogP contribution >= 0.6 is 22.9 Å². The average molecular weight is 313 g/mol. The molecule has 6 nitrogen and oxygen atoms in total. The van der Waals surface area contributed by atoms with Crippen molar-refractivity contribution in [3.05, 3.63) is 10.0 Å². The minimum Gasteiger partial charge on any atom is -0.297 e. The number of carbonyl (C=O) groups excluding carboxylic acids is 2. The molecule has 1 fully saturated rings. The highest BCUT2D eigenvalue weighted by atomic mass is 35.5. The van der Waals surface area contributed by atoms with Crippen molar-refractivity contribution in [2.24, 2.45) is 0 Å². The highest BCUT2D eigenvalue weighted by molar-refractivity contribution is 7.87. The van der Waals surface area contributed by atoms with Crippen LogP contribution in [0.2, 0.25) is 5.15 Å². The third-order valence-corrected chi connectivity index (χ3v) is 4.94. The molecule has 1 unspecified atom stereocenters. The third kappa shape index (κ3) is 2.38. The number of hydrogen-bond donors (Lipinski definition) is 0. The van der Waals surface area contributed by atoms with Gasteiger partial charge in [-0.2, -0.15) is 8.42 Å². The summed E-state index contributed by atoms with van der Waals surface area (Å²) in [5, 5.41) is -1.37. The van der Waals surface area contributed by atoms with E-state index in [0.717, 1.165) is 16.2 Å². The van der Waals surface area contributed by atoms with Crippen LogP contribution in [0.4, 0.5) is 9.02 Å². The second kappa shape index (κ2) is 4.56. The Hall–Kier alpha value is -1.06. The topological polar surface area (TPSA) is 84.4 Å². The first-order valence-corrected chi connectivity index (χ1v) is 7.32. The van der Waals surface area contributed by atoms with E-state index in [2.05, 4.69) is 4.98 Å². The predicted molar refractivity (Wildman–Crippen MR) is 63.3 cm³/mol. The maximum atomic E-state index is 12.8. The molecule has 2 heterocycles. The third-order valence-electron chi connectivity index (χ3n) is 2.42. The van der Waals surface area contributed by atoms with Crippen LogP contribution in [0, 0.1) is 0 Å². The zero-order chi connectivity index (χ0) is 13.5. The number of aromatic nitrogens is 1. The molecule has 1 aromatic heterocycles. The van der Waals surface area contributed by atoms with Gasteiger partial charge in [0.05, 0.1) is 0 Å². The highest BCUT2D eigenvalue weighted by Gasteiger charge is 2.40. The zero-order valence-corrected chi connectivity index (χ0v) is 11.1. The number of thiazole rings is 1. The Kier molecular flexibility index (Phi) is 3.39. The molecule has 2 rings (SSSR count). The Morgan fingerprint density at radius 1 is 1.56 bits per heavy atom. The summed E-state index contributed by atoms with van der Waals surface area (Å²) in [5.74, 6) is -0.566. The molecule has 0 aromatic carbocycles. The van der Waals surface area contributed by atoms with Gasteiger partial charge in [-0.3, -0.25) is 14.5 Å². The van der Waals surface area contributed by atoms with E-state index in [4.69, 9.17) is 11.6 Å². The van der Waals surface area contributed by atoms with Crippen LogP contribution in [-0.2, 0) is 15.0 Å². The van der Waals surface area contributed by atoms with Gasteiger partial charge in [-0.1, -0.05) is 22.9 Å². The van der Waals surface area contributed by atoms with E-state index in [9.17, 15) is 21.9 Å². The summed E-state index contributed by atoms with van der Waals surface area (Å²) in [7, 11) is -4.77. The average Bonchev–Trinajstić information content (AvgIpc) is 2.80. The van der Waals surface area contributed by atoms with Crippen molar-refractivity contribution >= 4 is 50.5 Å². The fraction of sp³-hybridized carbons (Fsp3) is 0.375. The Morgan fingerprint density at radius 2 is 2.22 bits per heavy atom. The fourth-order valence-electron chi connectivity index (χ4n) is 1.54. The second-order valence-electron chi connectivity index (χ2n) is 3.58. The van der Waals surface area contributed by atoms with Crippen molar-refractivity contribution in [3.63, 3.8) is 0 Å². The molecule has 0 radical (unpaired) electrons. The van der Waals surface area contributed by atoms with Gasteiger partial charge in [-0.25, -0.2) is 4.98 Å².